The van der Waals surface area contributed by atoms with Gasteiger partial charge in [0.15, 0.2) is 0 Å². The van der Waals surface area contributed by atoms with Gasteiger partial charge in [-0.15, -0.1) is 0 Å². The third-order valence-electron chi connectivity index (χ3n) is 2.76. The van der Waals surface area contributed by atoms with Crippen LogP contribution in [0.4, 0.5) is 0 Å². The Balaban J connectivity index is 2.50. The molecule has 14 heavy (non-hydrogen) atoms. The van der Waals surface area contributed by atoms with Gasteiger partial charge in [-0.3, -0.25) is 0 Å². The average molecular weight is 234 g/mol. The minimum absolute atomic E-state index is 0.304. The molecule has 0 atom stereocenters. The van der Waals surface area contributed by atoms with E-state index in [1.807, 2.05) is 24.3 Å². The van der Waals surface area contributed by atoms with Crippen molar-refractivity contribution in [1.82, 2.24) is 0 Å². The molecule has 2 aliphatic rings. The first-order valence-electron chi connectivity index (χ1n) is 4.17. The summed E-state index contributed by atoms with van der Waals surface area (Å²) in [4.78, 5) is 33.0. The second-order valence-electron chi connectivity index (χ2n) is 3.40. The predicted molar refractivity (Wildman–Crippen MR) is 49.3 cm³/mol. The van der Waals surface area contributed by atoms with Gasteiger partial charge in [0.05, 0.1) is 0 Å². The van der Waals surface area contributed by atoms with Gasteiger partial charge < -0.3 is 0 Å². The Labute approximate surface area is 84.1 Å². The molecule has 2 rings (SSSR count). The number of fused-ring (bicyclic) bond motifs is 2. The van der Waals surface area contributed by atoms with Gasteiger partial charge in [-0.25, -0.2) is 0 Å². The van der Waals surface area contributed by atoms with Crippen LogP contribution in [0.5, 0.6) is 0 Å². The molecule has 2 bridgehead atoms. The second-order valence-corrected chi connectivity index (χ2v) is 7.27. The normalized spacial score (nSPS) is 34.4. The van der Waals surface area contributed by atoms with Gasteiger partial charge in [-0.2, -0.15) is 0 Å². The van der Waals surface area contributed by atoms with Gasteiger partial charge in [-0.05, 0) is 0 Å². The molecule has 0 amide bonds. The topological polar surface area (TPSA) is 51.2 Å². The van der Waals surface area contributed by atoms with E-state index in [0.717, 1.165) is 0 Å². The van der Waals surface area contributed by atoms with E-state index in [9.17, 15) is 14.4 Å². The molecule has 2 aliphatic carbocycles. The Morgan fingerprint density at radius 2 is 1.57 bits per heavy atom. The number of rotatable bonds is 4. The molecule has 3 nitrogen and oxygen atoms in total. The van der Waals surface area contributed by atoms with E-state index in [4.69, 9.17) is 0 Å². The number of carbonyl (C=O) groups is 3. The van der Waals surface area contributed by atoms with Gasteiger partial charge in [0.1, 0.15) is 0 Å². The summed E-state index contributed by atoms with van der Waals surface area (Å²) in [5, 5.41) is 1.74. The first-order valence-corrected chi connectivity index (χ1v) is 6.63. The Hall–Kier alpha value is -0.991. The van der Waals surface area contributed by atoms with E-state index < -0.39 is 17.2 Å². The summed E-state index contributed by atoms with van der Waals surface area (Å²) >= 11 is -2.95. The molecule has 0 spiro atoms. The maximum absolute atomic E-state index is 11.0. The SMILES string of the molecule is O=[CH][Fe]([CH]=O)([CH]=O)[C]12C=CC(C=C1)C2. The average Bonchev–Trinajstić information content (AvgIpc) is 2.82. The van der Waals surface area contributed by atoms with Gasteiger partial charge >= 0.3 is 83.7 Å². The molecule has 0 saturated heterocycles. The molecule has 0 aromatic carbocycles. The molecule has 0 fully saturated rings. The first kappa shape index (κ1) is 9.56. The molecule has 0 saturated carbocycles. The third-order valence-corrected chi connectivity index (χ3v) is 6.43. The van der Waals surface area contributed by atoms with Crippen LogP contribution in [0.2, 0.25) is 4.31 Å². The fourth-order valence-electron chi connectivity index (χ4n) is 1.93. The molecule has 0 N–H and O–H groups in total. The standard InChI is InChI=1S/C7H7.3CHO.Fe/c1-2-7-4-3-6(1)5-7;3*1-2;/h1-4,6H,5H2;3*1H;. The van der Waals surface area contributed by atoms with E-state index >= 15 is 0 Å². The molecule has 0 unspecified atom stereocenters. The van der Waals surface area contributed by atoms with Crippen LogP contribution in [0.1, 0.15) is 6.42 Å². The van der Waals surface area contributed by atoms with Gasteiger partial charge in [0, 0.05) is 0 Å². The number of hydrogen-bond donors (Lipinski definition) is 0. The maximum atomic E-state index is 11.0. The van der Waals surface area contributed by atoms with Crippen LogP contribution in [0, 0.1) is 5.92 Å². The van der Waals surface area contributed by atoms with Crippen LogP contribution in [0.25, 0.3) is 0 Å². The van der Waals surface area contributed by atoms with Crippen LogP contribution in [-0.2, 0) is 27.2 Å². The zero-order valence-electron chi connectivity index (χ0n) is 7.40. The Bertz CT molecular complexity index is 321. The van der Waals surface area contributed by atoms with Crippen LogP contribution in [0.15, 0.2) is 24.3 Å². The van der Waals surface area contributed by atoms with Crippen molar-refractivity contribution < 1.29 is 27.2 Å². The van der Waals surface area contributed by atoms with Crippen molar-refractivity contribution in [2.75, 3.05) is 0 Å². The predicted octanol–water partition coefficient (Wildman–Crippen LogP) is 1.02. The Morgan fingerprint density at radius 1 is 1.07 bits per heavy atom. The van der Waals surface area contributed by atoms with Gasteiger partial charge in [0.2, 0.25) is 0 Å². The van der Waals surface area contributed by atoms with Crippen molar-refractivity contribution in [3.63, 3.8) is 0 Å². The third kappa shape index (κ3) is 0.954. The second kappa shape index (κ2) is 3.00. The van der Waals surface area contributed by atoms with Crippen molar-refractivity contribution in [3.8, 4) is 0 Å². The monoisotopic (exact) mass is 234 g/mol. The molecule has 0 aromatic heterocycles. The van der Waals surface area contributed by atoms with Crippen molar-refractivity contribution in [3.05, 3.63) is 24.3 Å². The van der Waals surface area contributed by atoms with Crippen LogP contribution in [0.3, 0.4) is 0 Å². The van der Waals surface area contributed by atoms with Crippen LogP contribution < -0.4 is 0 Å². The molecular formula is C10H10FeO3. The molecular weight excluding hydrogens is 224 g/mol. The zero-order valence-corrected chi connectivity index (χ0v) is 8.51. The fourth-order valence-corrected chi connectivity index (χ4v) is 4.34. The van der Waals surface area contributed by atoms with Crippen LogP contribution in [-0.4, -0.2) is 15.6 Å². The van der Waals surface area contributed by atoms with Crippen molar-refractivity contribution in [1.29, 1.82) is 0 Å². The Morgan fingerprint density at radius 3 is 1.86 bits per heavy atom. The zero-order chi connectivity index (χ0) is 10.2. The van der Waals surface area contributed by atoms with E-state index in [-0.39, 0.29) is 0 Å². The molecule has 0 heterocycles. The summed E-state index contributed by atoms with van der Waals surface area (Å²) in [6.07, 6.45) is 8.36. The number of carbonyl (C=O) groups excluding carboxylic acids is 3. The van der Waals surface area contributed by atoms with Crippen molar-refractivity contribution >= 4 is 15.6 Å². The van der Waals surface area contributed by atoms with E-state index in [0.29, 0.717) is 27.9 Å². The summed E-state index contributed by atoms with van der Waals surface area (Å²) in [7, 11) is 0. The molecule has 0 radical (unpaired) electrons. The van der Waals surface area contributed by atoms with E-state index in [1.54, 1.807) is 0 Å². The number of allylic oxidation sites excluding steroid dienone is 4. The number of hydrogen-bond acceptors (Lipinski definition) is 3. The van der Waals surface area contributed by atoms with E-state index in [2.05, 4.69) is 0 Å². The minimum atomic E-state index is -2.95. The summed E-state index contributed by atoms with van der Waals surface area (Å²) in [6.45, 7) is 0. The first-order chi connectivity index (χ1) is 6.72. The molecule has 0 aliphatic heterocycles. The molecule has 4 heteroatoms. The molecule has 76 valence electrons. The quantitative estimate of drug-likeness (QED) is 0.414. The van der Waals surface area contributed by atoms with Crippen molar-refractivity contribution in [2.24, 2.45) is 5.92 Å². The fraction of sp³-hybridized carbons (Fsp3) is 0.300. The van der Waals surface area contributed by atoms with Gasteiger partial charge in [0.25, 0.3) is 0 Å². The molecule has 0 aromatic rings. The van der Waals surface area contributed by atoms with Gasteiger partial charge in [-0.1, -0.05) is 0 Å². The summed E-state index contributed by atoms with van der Waals surface area (Å²) < 4.78 is -0.567. The summed E-state index contributed by atoms with van der Waals surface area (Å²) in [5.41, 5.74) is 0. The Kier molecular flexibility index (Phi) is 2.05. The summed E-state index contributed by atoms with van der Waals surface area (Å²) in [5.74, 6) is 0.304. The summed E-state index contributed by atoms with van der Waals surface area (Å²) in [6, 6.07) is 0. The van der Waals surface area contributed by atoms with Crippen LogP contribution >= 0.6 is 0 Å². The van der Waals surface area contributed by atoms with Crippen molar-refractivity contribution in [2.45, 2.75) is 10.7 Å². The van der Waals surface area contributed by atoms with E-state index in [1.165, 1.54) is 0 Å².